The maximum Gasteiger partial charge on any atom is 0.317 e. The lowest BCUT2D eigenvalue weighted by Gasteiger charge is -2.13. The monoisotopic (exact) mass is 416 g/mol. The van der Waals surface area contributed by atoms with Gasteiger partial charge in [-0.05, 0) is 30.7 Å². The molecule has 28 heavy (non-hydrogen) atoms. The molecule has 4 N–H and O–H groups in total. The van der Waals surface area contributed by atoms with Gasteiger partial charge in [-0.2, -0.15) is 0 Å². The number of benzene rings is 1. The highest BCUT2D eigenvalue weighted by molar-refractivity contribution is 7.22. The Kier molecular flexibility index (Phi) is 5.67. The van der Waals surface area contributed by atoms with E-state index in [0.29, 0.717) is 6.54 Å². The summed E-state index contributed by atoms with van der Waals surface area (Å²) in [4.78, 5) is 29.0. The predicted octanol–water partition coefficient (Wildman–Crippen LogP) is 2.67. The van der Waals surface area contributed by atoms with Crippen LogP contribution in [0.15, 0.2) is 24.3 Å². The number of anilines is 1. The Balaban J connectivity index is 1.59. The van der Waals surface area contributed by atoms with Gasteiger partial charge in [0.15, 0.2) is 0 Å². The Morgan fingerprint density at radius 1 is 1.25 bits per heavy atom. The van der Waals surface area contributed by atoms with Crippen molar-refractivity contribution >= 4 is 49.8 Å². The number of aliphatic carboxylic acids is 1. The molecular formula is C19H20N4O3S2. The van der Waals surface area contributed by atoms with Gasteiger partial charge in [0.05, 0.1) is 16.8 Å². The second kappa shape index (κ2) is 8.36. The van der Waals surface area contributed by atoms with E-state index in [0.717, 1.165) is 45.3 Å². The average molecular weight is 417 g/mol. The number of nitrogens with zero attached hydrogens (tertiary/aromatic N) is 1. The van der Waals surface area contributed by atoms with E-state index in [1.807, 2.05) is 18.2 Å². The molecule has 3 heterocycles. The molecule has 1 amide bonds. The Labute approximate surface area is 169 Å². The fourth-order valence-electron chi connectivity index (χ4n) is 3.21. The number of amides is 1. The van der Waals surface area contributed by atoms with Crippen molar-refractivity contribution in [3.8, 4) is 10.6 Å². The molecule has 0 unspecified atom stereocenters. The molecule has 146 valence electrons. The zero-order valence-electron chi connectivity index (χ0n) is 15.1. The molecule has 3 aromatic rings. The van der Waals surface area contributed by atoms with Gasteiger partial charge in [-0.25, -0.2) is 4.98 Å². The average Bonchev–Trinajstić information content (AvgIpc) is 3.25. The van der Waals surface area contributed by atoms with Gasteiger partial charge in [0.25, 0.3) is 0 Å². The van der Waals surface area contributed by atoms with Gasteiger partial charge in [-0.15, -0.1) is 22.7 Å². The summed E-state index contributed by atoms with van der Waals surface area (Å²) >= 11 is 3.24. The minimum absolute atomic E-state index is 0.133. The number of carboxylic acid groups (broad SMARTS) is 1. The lowest BCUT2D eigenvalue weighted by Crippen LogP contribution is -2.26. The first kappa shape index (κ1) is 19.0. The lowest BCUT2D eigenvalue weighted by molar-refractivity contribution is -0.136. The summed E-state index contributed by atoms with van der Waals surface area (Å²) in [6, 6.07) is 8.04. The lowest BCUT2D eigenvalue weighted by atomic mass is 10.0. The van der Waals surface area contributed by atoms with E-state index in [9.17, 15) is 9.59 Å². The van der Waals surface area contributed by atoms with Crippen molar-refractivity contribution in [3.05, 3.63) is 34.7 Å². The first-order valence-corrected chi connectivity index (χ1v) is 10.7. The minimum atomic E-state index is -0.933. The number of nitrogens with one attached hydrogen (secondary N) is 3. The highest BCUT2D eigenvalue weighted by Crippen LogP contribution is 2.44. The second-order valence-electron chi connectivity index (χ2n) is 6.49. The molecule has 1 aliphatic heterocycles. The number of carboxylic acids is 1. The van der Waals surface area contributed by atoms with Crippen molar-refractivity contribution in [2.75, 3.05) is 25.0 Å². The van der Waals surface area contributed by atoms with E-state index in [1.165, 1.54) is 10.4 Å². The molecular weight excluding hydrogens is 396 g/mol. The topological polar surface area (TPSA) is 103 Å². The fraction of sp³-hybridized carbons (Fsp3) is 0.316. The van der Waals surface area contributed by atoms with Crippen LogP contribution in [0.1, 0.15) is 16.9 Å². The summed E-state index contributed by atoms with van der Waals surface area (Å²) in [5, 5.41) is 19.6. The summed E-state index contributed by atoms with van der Waals surface area (Å²) in [6.07, 6.45) is 1.13. The van der Waals surface area contributed by atoms with E-state index in [2.05, 4.69) is 22.0 Å². The third kappa shape index (κ3) is 4.07. The molecule has 9 heteroatoms. The van der Waals surface area contributed by atoms with Crippen LogP contribution in [0.5, 0.6) is 0 Å². The maximum absolute atomic E-state index is 12.4. The van der Waals surface area contributed by atoms with Gasteiger partial charge in [0, 0.05) is 30.0 Å². The highest BCUT2D eigenvalue weighted by atomic mass is 32.1. The molecule has 1 aromatic carbocycles. The van der Waals surface area contributed by atoms with E-state index in [1.54, 1.807) is 22.7 Å². The number of thiophene rings is 1. The Morgan fingerprint density at radius 2 is 2.11 bits per heavy atom. The Morgan fingerprint density at radius 3 is 2.93 bits per heavy atom. The smallest absolute Gasteiger partial charge is 0.317 e. The van der Waals surface area contributed by atoms with Crippen LogP contribution in [-0.4, -0.2) is 41.6 Å². The van der Waals surface area contributed by atoms with Crippen LogP contribution in [0, 0.1) is 0 Å². The molecule has 1 aliphatic rings. The predicted molar refractivity (Wildman–Crippen MR) is 112 cm³/mol. The van der Waals surface area contributed by atoms with Crippen LogP contribution in [0.2, 0.25) is 0 Å². The van der Waals surface area contributed by atoms with Gasteiger partial charge in [-0.1, -0.05) is 12.1 Å². The number of hydrogen-bond donors (Lipinski definition) is 4. The van der Waals surface area contributed by atoms with Crippen LogP contribution >= 0.6 is 22.7 Å². The number of aromatic nitrogens is 1. The maximum atomic E-state index is 12.4. The van der Waals surface area contributed by atoms with Gasteiger partial charge >= 0.3 is 5.97 Å². The second-order valence-corrected chi connectivity index (χ2v) is 8.63. The molecule has 0 spiro atoms. The molecule has 0 radical (unpaired) electrons. The van der Waals surface area contributed by atoms with Crippen molar-refractivity contribution < 1.29 is 14.7 Å². The number of rotatable bonds is 7. The number of thiazole rings is 1. The van der Waals surface area contributed by atoms with Crippen LogP contribution < -0.4 is 16.0 Å². The largest absolute Gasteiger partial charge is 0.480 e. The van der Waals surface area contributed by atoms with E-state index in [-0.39, 0.29) is 18.9 Å². The third-order valence-corrected chi connectivity index (χ3v) is 6.70. The number of fused-ring (bicyclic) bond motifs is 2. The molecule has 7 nitrogen and oxygen atoms in total. The molecule has 2 aromatic heterocycles. The molecule has 0 atom stereocenters. The molecule has 0 fully saturated rings. The number of hydrogen-bond acceptors (Lipinski definition) is 7. The Bertz CT molecular complexity index is 995. The summed E-state index contributed by atoms with van der Waals surface area (Å²) in [6.45, 7) is 1.88. The highest BCUT2D eigenvalue weighted by Gasteiger charge is 2.25. The standard InChI is InChI=1S/C19H20N4O3S2/c24-15(6-8-21-10-16(25)26)23-19-17(11-5-7-20-9-14(11)28-19)18-22-12-3-1-2-4-13(12)27-18/h1-4,20-21H,5-10H2,(H,23,24)(H,25,26). The van der Waals surface area contributed by atoms with Crippen LogP contribution in [0.4, 0.5) is 5.00 Å². The number of carbonyl (C=O) groups excluding carboxylic acids is 1. The van der Waals surface area contributed by atoms with Gasteiger partial charge in [0.1, 0.15) is 10.0 Å². The molecule has 0 saturated heterocycles. The van der Waals surface area contributed by atoms with Gasteiger partial charge < -0.3 is 21.1 Å². The molecule has 4 rings (SSSR count). The van der Waals surface area contributed by atoms with Crippen LogP contribution in [0.25, 0.3) is 20.8 Å². The zero-order valence-corrected chi connectivity index (χ0v) is 16.7. The van der Waals surface area contributed by atoms with Crippen molar-refractivity contribution in [1.82, 2.24) is 15.6 Å². The van der Waals surface area contributed by atoms with Gasteiger partial charge in [0.2, 0.25) is 5.91 Å². The fourth-order valence-corrected chi connectivity index (χ4v) is 5.56. The summed E-state index contributed by atoms with van der Waals surface area (Å²) in [5.41, 5.74) is 3.27. The first-order chi connectivity index (χ1) is 13.6. The molecule has 0 bridgehead atoms. The SMILES string of the molecule is O=C(O)CNCCC(=O)Nc1sc2c(c1-c1nc3ccccc3s1)CCNC2. The Hall–Kier alpha value is -2.33. The quantitative estimate of drug-likeness (QED) is 0.442. The first-order valence-electron chi connectivity index (χ1n) is 9.05. The van der Waals surface area contributed by atoms with Crippen LogP contribution in [-0.2, 0) is 22.6 Å². The number of carbonyl (C=O) groups is 2. The van der Waals surface area contributed by atoms with Crippen LogP contribution in [0.3, 0.4) is 0 Å². The van der Waals surface area contributed by atoms with E-state index >= 15 is 0 Å². The normalized spacial score (nSPS) is 13.4. The number of para-hydroxylation sites is 1. The summed E-state index contributed by atoms with van der Waals surface area (Å²) in [7, 11) is 0. The zero-order chi connectivity index (χ0) is 19.5. The van der Waals surface area contributed by atoms with Crippen molar-refractivity contribution in [1.29, 1.82) is 0 Å². The van der Waals surface area contributed by atoms with E-state index < -0.39 is 5.97 Å². The van der Waals surface area contributed by atoms with Crippen molar-refractivity contribution in [2.45, 2.75) is 19.4 Å². The molecule has 0 aliphatic carbocycles. The minimum Gasteiger partial charge on any atom is -0.480 e. The van der Waals surface area contributed by atoms with Gasteiger partial charge in [-0.3, -0.25) is 9.59 Å². The van der Waals surface area contributed by atoms with Crippen molar-refractivity contribution in [3.63, 3.8) is 0 Å². The molecule has 0 saturated carbocycles. The summed E-state index contributed by atoms with van der Waals surface area (Å²) < 4.78 is 1.13. The van der Waals surface area contributed by atoms with Crippen molar-refractivity contribution in [2.24, 2.45) is 0 Å². The third-order valence-electron chi connectivity index (χ3n) is 4.49. The van der Waals surface area contributed by atoms with E-state index in [4.69, 9.17) is 10.1 Å². The summed E-state index contributed by atoms with van der Waals surface area (Å²) in [5.74, 6) is -1.07.